The van der Waals surface area contributed by atoms with Gasteiger partial charge in [-0.3, -0.25) is 4.90 Å². The van der Waals surface area contributed by atoms with Gasteiger partial charge in [0.15, 0.2) is 0 Å². The Morgan fingerprint density at radius 3 is 2.62 bits per heavy atom. The van der Waals surface area contributed by atoms with Gasteiger partial charge in [-0.05, 0) is 104 Å². The van der Waals surface area contributed by atoms with E-state index in [9.17, 15) is 13.2 Å². The van der Waals surface area contributed by atoms with Crippen molar-refractivity contribution in [2.75, 3.05) is 45.9 Å². The van der Waals surface area contributed by atoms with Crippen LogP contribution in [-0.2, 0) is 22.1 Å². The number of fused-ring (bicyclic) bond motifs is 1. The van der Waals surface area contributed by atoms with Gasteiger partial charge in [-0.15, -0.1) is 0 Å². The average Bonchev–Trinajstić information content (AvgIpc) is 3.83. The first-order valence-electron chi connectivity index (χ1n) is 14.2. The number of halogens is 3. The fourth-order valence-electron chi connectivity index (χ4n) is 5.69. The minimum absolute atomic E-state index is 0.241. The summed E-state index contributed by atoms with van der Waals surface area (Å²) in [5, 5.41) is 3.34. The highest BCUT2D eigenvalue weighted by Gasteiger charge is 2.38. The van der Waals surface area contributed by atoms with Crippen LogP contribution in [0.3, 0.4) is 0 Å². The van der Waals surface area contributed by atoms with Crippen molar-refractivity contribution in [1.82, 2.24) is 10.2 Å². The Morgan fingerprint density at radius 1 is 1.10 bits per heavy atom. The van der Waals surface area contributed by atoms with E-state index >= 15 is 0 Å². The van der Waals surface area contributed by atoms with Crippen LogP contribution in [0.15, 0.2) is 57.8 Å². The van der Waals surface area contributed by atoms with Crippen molar-refractivity contribution in [3.8, 4) is 0 Å². The number of aliphatic imine (C=N–C) groups is 1. The fourth-order valence-corrected chi connectivity index (χ4v) is 5.69. The molecular formula is C31H36F3N3O2. The third-order valence-corrected chi connectivity index (χ3v) is 8.18. The van der Waals surface area contributed by atoms with Crippen LogP contribution in [0.2, 0.25) is 0 Å². The number of allylic oxidation sites excluding steroid dienone is 5. The summed E-state index contributed by atoms with van der Waals surface area (Å²) in [7, 11) is 0. The summed E-state index contributed by atoms with van der Waals surface area (Å²) in [5.74, 6) is 0.972. The molecule has 2 heterocycles. The zero-order chi connectivity index (χ0) is 27.0. The second-order valence-corrected chi connectivity index (χ2v) is 11.1. The molecule has 2 aliphatic heterocycles. The standard InChI is InChI=1S/C31H36F3N3O2/c1-20-3-8-24-27(17-23(21-4-5-21)18-28(24)31(32,33)34)26(22-6-7-22)19-25(20)29-9-11-36-30(39-29)35-10-2-12-37-13-15-38-16-14-37/h6,9,17-19,21H,2-5,7-8,10-16H2,1H3,(H,35,36). The summed E-state index contributed by atoms with van der Waals surface area (Å²) in [6.45, 7) is 7.80. The van der Waals surface area contributed by atoms with Crippen LogP contribution in [0.5, 0.6) is 0 Å². The highest BCUT2D eigenvalue weighted by Crippen LogP contribution is 2.48. The van der Waals surface area contributed by atoms with Crippen LogP contribution < -0.4 is 5.32 Å². The normalized spacial score (nSPS) is 22.1. The van der Waals surface area contributed by atoms with E-state index in [4.69, 9.17) is 9.47 Å². The molecule has 8 heteroatoms. The van der Waals surface area contributed by atoms with Gasteiger partial charge in [0.25, 0.3) is 6.02 Å². The molecule has 0 amide bonds. The Labute approximate surface area is 228 Å². The van der Waals surface area contributed by atoms with Gasteiger partial charge >= 0.3 is 6.18 Å². The molecule has 0 aromatic heterocycles. The molecule has 2 fully saturated rings. The maximum Gasteiger partial charge on any atom is 0.416 e. The Kier molecular flexibility index (Phi) is 7.42. The number of rotatable bonds is 7. The number of morpholine rings is 1. The lowest BCUT2D eigenvalue weighted by Crippen LogP contribution is -2.38. The van der Waals surface area contributed by atoms with E-state index in [2.05, 4.69) is 27.4 Å². The molecule has 39 heavy (non-hydrogen) atoms. The fraction of sp³-hybridized carbons (Fsp3) is 0.516. The minimum Gasteiger partial charge on any atom is -0.426 e. The SMILES string of the molecule is CC1=C(C2=CCN=C(NCCCN3CCOCC3)O2)C=C(C2=CC2)c2cc(C3CC3)cc(C(F)(F)F)c2CC1. The third kappa shape index (κ3) is 6.17. The molecule has 208 valence electrons. The number of benzene rings is 1. The highest BCUT2D eigenvalue weighted by atomic mass is 19.4. The molecule has 1 N–H and O–H groups in total. The lowest BCUT2D eigenvalue weighted by atomic mass is 9.83. The summed E-state index contributed by atoms with van der Waals surface area (Å²) in [6, 6.07) is 3.95. The molecule has 1 saturated carbocycles. The average molecular weight is 540 g/mol. The predicted molar refractivity (Wildman–Crippen MR) is 146 cm³/mol. The zero-order valence-electron chi connectivity index (χ0n) is 22.5. The summed E-state index contributed by atoms with van der Waals surface area (Å²) < 4.78 is 54.4. The van der Waals surface area contributed by atoms with Gasteiger partial charge < -0.3 is 14.8 Å². The van der Waals surface area contributed by atoms with E-state index < -0.39 is 11.7 Å². The Balaban J connectivity index is 1.23. The molecule has 0 radical (unpaired) electrons. The van der Waals surface area contributed by atoms with Crippen LogP contribution in [-0.4, -0.2) is 56.9 Å². The van der Waals surface area contributed by atoms with Gasteiger partial charge in [0.05, 0.1) is 25.3 Å². The lowest BCUT2D eigenvalue weighted by molar-refractivity contribution is -0.138. The minimum atomic E-state index is -4.37. The van der Waals surface area contributed by atoms with Crippen molar-refractivity contribution in [1.29, 1.82) is 0 Å². The van der Waals surface area contributed by atoms with E-state index in [1.165, 1.54) is 6.07 Å². The quantitative estimate of drug-likeness (QED) is 0.423. The number of hydrogen-bond acceptors (Lipinski definition) is 5. The van der Waals surface area contributed by atoms with Gasteiger partial charge in [0.1, 0.15) is 5.76 Å². The molecular weight excluding hydrogens is 503 g/mol. The second-order valence-electron chi connectivity index (χ2n) is 11.1. The molecule has 0 spiro atoms. The molecule has 3 aliphatic carbocycles. The van der Waals surface area contributed by atoms with E-state index in [-0.39, 0.29) is 5.92 Å². The van der Waals surface area contributed by atoms with Crippen molar-refractivity contribution in [2.45, 2.75) is 57.5 Å². The lowest BCUT2D eigenvalue weighted by Gasteiger charge is -2.27. The number of nitrogens with zero attached hydrogens (tertiary/aromatic N) is 2. The first kappa shape index (κ1) is 26.4. The van der Waals surface area contributed by atoms with E-state index in [0.717, 1.165) is 104 Å². The number of nitrogens with one attached hydrogen (secondary N) is 1. The molecule has 0 atom stereocenters. The second kappa shape index (κ2) is 11.0. The topological polar surface area (TPSA) is 46.1 Å². The zero-order valence-corrected chi connectivity index (χ0v) is 22.5. The van der Waals surface area contributed by atoms with Crippen molar-refractivity contribution < 1.29 is 22.6 Å². The van der Waals surface area contributed by atoms with Crippen molar-refractivity contribution in [3.63, 3.8) is 0 Å². The van der Waals surface area contributed by atoms with Gasteiger partial charge in [-0.1, -0.05) is 17.7 Å². The molecule has 0 unspecified atom stereocenters. The maximum absolute atomic E-state index is 14.3. The predicted octanol–water partition coefficient (Wildman–Crippen LogP) is 6.14. The van der Waals surface area contributed by atoms with Crippen molar-refractivity contribution in [3.05, 3.63) is 75.1 Å². The van der Waals surface area contributed by atoms with E-state index in [1.807, 2.05) is 19.1 Å². The smallest absolute Gasteiger partial charge is 0.416 e. The van der Waals surface area contributed by atoms with Gasteiger partial charge in [0.2, 0.25) is 0 Å². The van der Waals surface area contributed by atoms with Crippen LogP contribution in [0, 0.1) is 0 Å². The highest BCUT2D eigenvalue weighted by molar-refractivity contribution is 5.88. The molecule has 5 nitrogen and oxygen atoms in total. The van der Waals surface area contributed by atoms with Crippen molar-refractivity contribution in [2.24, 2.45) is 4.99 Å². The van der Waals surface area contributed by atoms with E-state index in [0.29, 0.717) is 31.0 Å². The largest absolute Gasteiger partial charge is 0.426 e. The summed E-state index contributed by atoms with van der Waals surface area (Å²) in [4.78, 5) is 6.90. The molecule has 6 rings (SSSR count). The van der Waals surface area contributed by atoms with Gasteiger partial charge in [-0.2, -0.15) is 13.2 Å². The molecule has 1 aromatic carbocycles. The van der Waals surface area contributed by atoms with Crippen LogP contribution >= 0.6 is 0 Å². The number of ether oxygens (including phenoxy) is 2. The van der Waals surface area contributed by atoms with Gasteiger partial charge in [0, 0.05) is 25.2 Å². The molecule has 1 saturated heterocycles. The molecule has 1 aromatic rings. The van der Waals surface area contributed by atoms with Crippen LogP contribution in [0.25, 0.3) is 5.57 Å². The number of hydrogen-bond donors (Lipinski definition) is 1. The van der Waals surface area contributed by atoms with Crippen LogP contribution in [0.4, 0.5) is 13.2 Å². The first-order valence-corrected chi connectivity index (χ1v) is 14.2. The first-order chi connectivity index (χ1) is 18.9. The monoisotopic (exact) mass is 539 g/mol. The summed E-state index contributed by atoms with van der Waals surface area (Å²) in [5.41, 5.74) is 5.51. The van der Waals surface area contributed by atoms with E-state index in [1.54, 1.807) is 0 Å². The maximum atomic E-state index is 14.3. The van der Waals surface area contributed by atoms with Crippen molar-refractivity contribution >= 4 is 11.6 Å². The Hall–Kier alpha value is -2.84. The summed E-state index contributed by atoms with van der Waals surface area (Å²) in [6.07, 6.45) is 6.36. The summed E-state index contributed by atoms with van der Waals surface area (Å²) >= 11 is 0. The number of alkyl halides is 3. The Bertz CT molecular complexity index is 1280. The Morgan fingerprint density at radius 2 is 1.90 bits per heavy atom. The molecule has 0 bridgehead atoms. The molecule has 5 aliphatic rings. The third-order valence-electron chi connectivity index (χ3n) is 8.18. The van der Waals surface area contributed by atoms with Crippen LogP contribution in [0.1, 0.15) is 67.2 Å². The van der Waals surface area contributed by atoms with Gasteiger partial charge in [-0.25, -0.2) is 4.99 Å². The number of amidine groups is 1.